The van der Waals surface area contributed by atoms with Crippen LogP contribution in [-0.2, 0) is 4.79 Å². The molecule has 1 unspecified atom stereocenters. The van der Waals surface area contributed by atoms with E-state index in [1.165, 1.54) is 0 Å². The number of likely N-dealkylation sites (N-methyl/N-ethyl adjacent to an activating group) is 1. The number of amides is 1. The zero-order valence-electron chi connectivity index (χ0n) is 10.8. The Labute approximate surface area is 97.8 Å². The van der Waals surface area contributed by atoms with E-state index in [0.717, 1.165) is 23.1 Å². The van der Waals surface area contributed by atoms with Crippen LogP contribution in [0.5, 0.6) is 0 Å². The average Bonchev–Trinajstić information content (AvgIpc) is 2.43. The summed E-state index contributed by atoms with van der Waals surface area (Å²) in [4.78, 5) is 11.7. The molecule has 1 amide bonds. The summed E-state index contributed by atoms with van der Waals surface area (Å²) in [6.45, 7) is 8.21. The summed E-state index contributed by atoms with van der Waals surface area (Å²) < 4.78 is 0. The van der Waals surface area contributed by atoms with E-state index < -0.39 is 0 Å². The summed E-state index contributed by atoms with van der Waals surface area (Å²) in [6, 6.07) is 0.0436. The Morgan fingerprint density at radius 1 is 1.56 bits per heavy atom. The minimum absolute atomic E-state index is 0.0262. The maximum Gasteiger partial charge on any atom is 0.250 e. The normalized spacial score (nSPS) is 24.9. The van der Waals surface area contributed by atoms with Crippen molar-refractivity contribution in [3.63, 3.8) is 0 Å². The molecule has 0 saturated carbocycles. The van der Waals surface area contributed by atoms with Crippen LogP contribution in [0.1, 0.15) is 34.1 Å². The second kappa shape index (κ2) is 4.42. The molecule has 0 saturated heterocycles. The highest BCUT2D eigenvalue weighted by Crippen LogP contribution is 2.42. The summed E-state index contributed by atoms with van der Waals surface area (Å²) in [5.41, 5.74) is 9.22. The first-order chi connectivity index (χ1) is 7.35. The highest BCUT2D eigenvalue weighted by molar-refractivity contribution is 5.98. The smallest absolute Gasteiger partial charge is 0.250 e. The first kappa shape index (κ1) is 13.0. The number of hydrogen-bond acceptors (Lipinski definition) is 2. The molecule has 1 atom stereocenters. The van der Waals surface area contributed by atoms with Gasteiger partial charge in [0.1, 0.15) is 0 Å². The second-order valence-corrected chi connectivity index (χ2v) is 5.09. The highest BCUT2D eigenvalue weighted by Gasteiger charge is 2.38. The van der Waals surface area contributed by atoms with Crippen molar-refractivity contribution in [2.24, 2.45) is 11.1 Å². The molecular weight excluding hydrogens is 200 g/mol. The lowest BCUT2D eigenvalue weighted by atomic mass is 9.84. The van der Waals surface area contributed by atoms with Crippen LogP contribution >= 0.6 is 0 Å². The van der Waals surface area contributed by atoms with Gasteiger partial charge in [-0.15, -0.1) is 0 Å². The fraction of sp³-hybridized carbons (Fsp3) is 0.615. The van der Waals surface area contributed by atoms with Gasteiger partial charge in [-0.25, -0.2) is 0 Å². The van der Waals surface area contributed by atoms with Gasteiger partial charge in [0.15, 0.2) is 0 Å². The third-order valence-corrected chi connectivity index (χ3v) is 3.50. The van der Waals surface area contributed by atoms with E-state index in [9.17, 15) is 4.79 Å². The van der Waals surface area contributed by atoms with E-state index in [0.29, 0.717) is 0 Å². The molecule has 0 heterocycles. The Kier molecular flexibility index (Phi) is 3.58. The van der Waals surface area contributed by atoms with Crippen molar-refractivity contribution in [3.8, 4) is 0 Å². The average molecular weight is 222 g/mol. The van der Waals surface area contributed by atoms with Crippen molar-refractivity contribution in [2.75, 3.05) is 7.05 Å². The molecule has 0 aromatic heterocycles. The minimum Gasteiger partial charge on any atom is -0.355 e. The molecule has 0 fully saturated rings. The van der Waals surface area contributed by atoms with Crippen molar-refractivity contribution in [2.45, 2.75) is 40.2 Å². The molecule has 1 aliphatic carbocycles. The lowest BCUT2D eigenvalue weighted by Crippen LogP contribution is -2.33. The Hall–Kier alpha value is -1.09. The quantitative estimate of drug-likeness (QED) is 0.699. The van der Waals surface area contributed by atoms with E-state index in [1.54, 1.807) is 7.05 Å². The Balaban J connectivity index is 3.11. The molecule has 1 aliphatic rings. The van der Waals surface area contributed by atoms with Crippen molar-refractivity contribution in [1.29, 1.82) is 0 Å². The van der Waals surface area contributed by atoms with Gasteiger partial charge in [-0.2, -0.15) is 0 Å². The molecule has 0 spiro atoms. The van der Waals surface area contributed by atoms with Gasteiger partial charge >= 0.3 is 0 Å². The van der Waals surface area contributed by atoms with Crippen LogP contribution in [0.3, 0.4) is 0 Å². The topological polar surface area (TPSA) is 55.1 Å². The van der Waals surface area contributed by atoms with Crippen molar-refractivity contribution >= 4 is 5.91 Å². The predicted octanol–water partition coefficient (Wildman–Crippen LogP) is 1.75. The Morgan fingerprint density at radius 2 is 2.12 bits per heavy atom. The molecule has 1 rings (SSSR count). The molecule has 0 radical (unpaired) electrons. The van der Waals surface area contributed by atoms with Crippen LogP contribution in [0.2, 0.25) is 0 Å². The SMILES string of the molecule is C/C=C(/C(=O)NC)C1=C(C)C(N)C(C)(C)C1. The fourth-order valence-electron chi connectivity index (χ4n) is 2.36. The minimum atomic E-state index is -0.0262. The number of carbonyl (C=O) groups is 1. The van der Waals surface area contributed by atoms with E-state index in [2.05, 4.69) is 19.2 Å². The molecule has 0 bridgehead atoms. The van der Waals surface area contributed by atoms with Gasteiger partial charge in [0.05, 0.1) is 0 Å². The maximum absolute atomic E-state index is 11.7. The van der Waals surface area contributed by atoms with Crippen LogP contribution in [0.25, 0.3) is 0 Å². The first-order valence-corrected chi connectivity index (χ1v) is 5.69. The molecule has 0 aromatic carbocycles. The highest BCUT2D eigenvalue weighted by atomic mass is 16.1. The lowest BCUT2D eigenvalue weighted by Gasteiger charge is -2.24. The van der Waals surface area contributed by atoms with Gasteiger partial charge in [0.2, 0.25) is 0 Å². The van der Waals surface area contributed by atoms with Crippen molar-refractivity contribution in [1.82, 2.24) is 5.32 Å². The molecule has 0 aliphatic heterocycles. The van der Waals surface area contributed by atoms with Gasteiger partial charge in [0, 0.05) is 18.7 Å². The molecule has 3 N–H and O–H groups in total. The van der Waals surface area contributed by atoms with E-state index >= 15 is 0 Å². The zero-order valence-corrected chi connectivity index (χ0v) is 10.8. The van der Waals surface area contributed by atoms with Gasteiger partial charge < -0.3 is 11.1 Å². The molecule has 90 valence electrons. The Bertz CT molecular complexity index is 364. The van der Waals surface area contributed by atoms with Crippen LogP contribution in [0.4, 0.5) is 0 Å². The summed E-state index contributed by atoms with van der Waals surface area (Å²) in [5, 5.41) is 2.67. The second-order valence-electron chi connectivity index (χ2n) is 5.09. The number of hydrogen-bond donors (Lipinski definition) is 2. The molecule has 16 heavy (non-hydrogen) atoms. The number of carbonyl (C=O) groups excluding carboxylic acids is 1. The van der Waals surface area contributed by atoms with E-state index in [4.69, 9.17) is 5.73 Å². The van der Waals surface area contributed by atoms with E-state index in [1.807, 2.05) is 19.9 Å². The van der Waals surface area contributed by atoms with Crippen LogP contribution in [0.15, 0.2) is 22.8 Å². The van der Waals surface area contributed by atoms with Gasteiger partial charge in [0.25, 0.3) is 5.91 Å². The van der Waals surface area contributed by atoms with Crippen LogP contribution in [0, 0.1) is 5.41 Å². The van der Waals surface area contributed by atoms with Gasteiger partial charge in [-0.05, 0) is 31.3 Å². The summed E-state index contributed by atoms with van der Waals surface area (Å²) in [5.74, 6) is -0.0262. The van der Waals surface area contributed by atoms with E-state index in [-0.39, 0.29) is 17.4 Å². The third-order valence-electron chi connectivity index (χ3n) is 3.50. The standard InChI is InChI=1S/C13H22N2O/c1-6-9(12(16)15-5)10-7-13(3,4)11(14)8(10)2/h6,11H,7,14H2,1-5H3,(H,15,16)/b9-6+. The molecule has 0 aromatic rings. The van der Waals surface area contributed by atoms with Crippen LogP contribution < -0.4 is 11.1 Å². The summed E-state index contributed by atoms with van der Waals surface area (Å²) in [7, 11) is 1.65. The monoisotopic (exact) mass is 222 g/mol. The third kappa shape index (κ3) is 2.05. The number of rotatable bonds is 2. The van der Waals surface area contributed by atoms with Gasteiger partial charge in [-0.1, -0.05) is 25.5 Å². The number of nitrogens with two attached hydrogens (primary N) is 1. The zero-order chi connectivity index (χ0) is 12.5. The van der Waals surface area contributed by atoms with Crippen LogP contribution in [-0.4, -0.2) is 19.0 Å². The fourth-order valence-corrected chi connectivity index (χ4v) is 2.36. The van der Waals surface area contributed by atoms with Gasteiger partial charge in [-0.3, -0.25) is 4.79 Å². The lowest BCUT2D eigenvalue weighted by molar-refractivity contribution is -0.116. The predicted molar refractivity (Wildman–Crippen MR) is 66.9 cm³/mol. The largest absolute Gasteiger partial charge is 0.355 e. The summed E-state index contributed by atoms with van der Waals surface area (Å²) >= 11 is 0. The maximum atomic E-state index is 11.7. The molecular formula is C13H22N2O. The molecule has 3 heteroatoms. The summed E-state index contributed by atoms with van der Waals surface area (Å²) in [6.07, 6.45) is 2.74. The number of allylic oxidation sites excluding steroid dienone is 1. The van der Waals surface area contributed by atoms with Crippen molar-refractivity contribution in [3.05, 3.63) is 22.8 Å². The molecule has 3 nitrogen and oxygen atoms in total. The number of nitrogens with one attached hydrogen (secondary N) is 1. The Morgan fingerprint density at radius 3 is 2.44 bits per heavy atom. The first-order valence-electron chi connectivity index (χ1n) is 5.69. The van der Waals surface area contributed by atoms with Crippen molar-refractivity contribution < 1.29 is 4.79 Å².